The molecule has 1 unspecified atom stereocenters. The number of sulfonamides is 1. The van der Waals surface area contributed by atoms with Gasteiger partial charge in [-0.05, 0) is 30.7 Å². The van der Waals surface area contributed by atoms with Crippen molar-refractivity contribution in [2.45, 2.75) is 17.9 Å². The summed E-state index contributed by atoms with van der Waals surface area (Å²) in [5.41, 5.74) is 0.757. The zero-order valence-electron chi connectivity index (χ0n) is 14.8. The van der Waals surface area contributed by atoms with E-state index in [0.717, 1.165) is 11.6 Å². The van der Waals surface area contributed by atoms with E-state index in [1.54, 1.807) is 6.92 Å². The molecule has 27 heavy (non-hydrogen) atoms. The van der Waals surface area contributed by atoms with E-state index in [4.69, 9.17) is 14.6 Å². The quantitative estimate of drug-likeness (QED) is 0.686. The first-order valence-electron chi connectivity index (χ1n) is 7.94. The van der Waals surface area contributed by atoms with Crippen LogP contribution >= 0.6 is 0 Å². The van der Waals surface area contributed by atoms with E-state index in [-0.39, 0.29) is 22.3 Å². The maximum Gasteiger partial charge on any atom is 0.342 e. The second-order valence-corrected chi connectivity index (χ2v) is 7.24. The van der Waals surface area contributed by atoms with Crippen molar-refractivity contribution in [1.82, 2.24) is 5.32 Å². The van der Waals surface area contributed by atoms with Crippen LogP contribution in [0.25, 0.3) is 0 Å². The normalized spacial score (nSPS) is 12.1. The lowest BCUT2D eigenvalue weighted by molar-refractivity contribution is -0.124. The van der Waals surface area contributed by atoms with Gasteiger partial charge in [0.05, 0.1) is 18.0 Å². The van der Waals surface area contributed by atoms with Crippen molar-refractivity contribution in [3.8, 4) is 5.75 Å². The van der Waals surface area contributed by atoms with Crippen LogP contribution in [0.5, 0.6) is 5.75 Å². The molecule has 0 radical (unpaired) electrons. The fourth-order valence-electron chi connectivity index (χ4n) is 2.34. The predicted octanol–water partition coefficient (Wildman–Crippen LogP) is 1.38. The topological polar surface area (TPSA) is 125 Å². The fourth-order valence-corrected chi connectivity index (χ4v) is 2.88. The molecule has 2 aromatic rings. The fraction of sp³-hybridized carbons (Fsp3) is 0.222. The smallest absolute Gasteiger partial charge is 0.342 e. The molecule has 0 saturated heterocycles. The summed E-state index contributed by atoms with van der Waals surface area (Å²) in [7, 11) is -2.69. The Morgan fingerprint density at radius 2 is 1.81 bits per heavy atom. The lowest BCUT2D eigenvalue weighted by atomic mass is 10.1. The molecule has 1 atom stereocenters. The molecule has 0 heterocycles. The van der Waals surface area contributed by atoms with Crippen molar-refractivity contribution in [2.75, 3.05) is 13.7 Å². The number of amides is 1. The molecule has 3 N–H and O–H groups in total. The van der Waals surface area contributed by atoms with E-state index in [2.05, 4.69) is 5.32 Å². The Balaban J connectivity index is 2.03. The molecule has 0 fully saturated rings. The number of hydrogen-bond donors (Lipinski definition) is 2. The highest BCUT2D eigenvalue weighted by molar-refractivity contribution is 7.89. The van der Waals surface area contributed by atoms with Crippen molar-refractivity contribution in [3.05, 3.63) is 59.7 Å². The van der Waals surface area contributed by atoms with Crippen molar-refractivity contribution >= 4 is 21.9 Å². The van der Waals surface area contributed by atoms with E-state index in [9.17, 15) is 18.0 Å². The molecule has 0 aromatic heterocycles. The number of benzene rings is 2. The number of carbonyl (C=O) groups excluding carboxylic acids is 2. The standard InChI is InChI=1S/C18H20N2O6S/c1-12(13-6-4-3-5-7-13)20-17(21)11-26-18(22)15-10-14(27(19,23)24)8-9-16(15)25-2/h3-10,12H,11H2,1-2H3,(H,20,21)(H2,19,23,24). The molecule has 8 nitrogen and oxygen atoms in total. The minimum Gasteiger partial charge on any atom is -0.496 e. The van der Waals surface area contributed by atoms with E-state index in [0.29, 0.717) is 0 Å². The van der Waals surface area contributed by atoms with Crippen LogP contribution in [-0.2, 0) is 19.6 Å². The molecular formula is C18H20N2O6S. The van der Waals surface area contributed by atoms with Crippen molar-refractivity contribution < 1.29 is 27.5 Å². The molecule has 0 aliphatic rings. The molecule has 0 aliphatic carbocycles. The SMILES string of the molecule is COc1ccc(S(N)(=O)=O)cc1C(=O)OCC(=O)NC(C)c1ccccc1. The predicted molar refractivity (Wildman–Crippen MR) is 97.6 cm³/mol. The Morgan fingerprint density at radius 1 is 1.15 bits per heavy atom. The lowest BCUT2D eigenvalue weighted by Gasteiger charge is -2.14. The highest BCUT2D eigenvalue weighted by Gasteiger charge is 2.20. The Morgan fingerprint density at radius 3 is 2.41 bits per heavy atom. The molecule has 2 rings (SSSR count). The number of rotatable bonds is 7. The minimum atomic E-state index is -4.00. The van der Waals surface area contributed by atoms with E-state index < -0.39 is 28.5 Å². The van der Waals surface area contributed by atoms with Crippen LogP contribution in [-0.4, -0.2) is 34.0 Å². The van der Waals surface area contributed by atoms with Crippen LogP contribution in [0.4, 0.5) is 0 Å². The molecule has 0 bridgehead atoms. The highest BCUT2D eigenvalue weighted by atomic mass is 32.2. The van der Waals surface area contributed by atoms with Gasteiger partial charge >= 0.3 is 5.97 Å². The average molecular weight is 392 g/mol. The zero-order chi connectivity index (χ0) is 20.0. The number of ether oxygens (including phenoxy) is 2. The van der Waals surface area contributed by atoms with Crippen LogP contribution in [0, 0.1) is 0 Å². The Labute approximate surface area is 157 Å². The Hall–Kier alpha value is -2.91. The van der Waals surface area contributed by atoms with Crippen LogP contribution in [0.2, 0.25) is 0 Å². The number of nitrogens with one attached hydrogen (secondary N) is 1. The molecule has 0 spiro atoms. The summed E-state index contributed by atoms with van der Waals surface area (Å²) in [6.07, 6.45) is 0. The first kappa shape index (κ1) is 20.4. The summed E-state index contributed by atoms with van der Waals surface area (Å²) in [5.74, 6) is -1.30. The van der Waals surface area contributed by atoms with Gasteiger partial charge in [0, 0.05) is 0 Å². The van der Waals surface area contributed by atoms with Crippen molar-refractivity contribution in [3.63, 3.8) is 0 Å². The molecule has 0 saturated carbocycles. The van der Waals surface area contributed by atoms with Crippen molar-refractivity contribution in [1.29, 1.82) is 0 Å². The largest absolute Gasteiger partial charge is 0.496 e. The second kappa shape index (κ2) is 8.65. The van der Waals surface area contributed by atoms with Gasteiger partial charge < -0.3 is 14.8 Å². The van der Waals surface area contributed by atoms with Crippen LogP contribution in [0.1, 0.15) is 28.9 Å². The van der Waals surface area contributed by atoms with Crippen LogP contribution < -0.4 is 15.2 Å². The van der Waals surface area contributed by atoms with E-state index in [1.807, 2.05) is 30.3 Å². The van der Waals surface area contributed by atoms with Crippen LogP contribution in [0.15, 0.2) is 53.4 Å². The van der Waals surface area contributed by atoms with Gasteiger partial charge in [-0.15, -0.1) is 0 Å². The maximum atomic E-state index is 12.2. The third-order valence-corrected chi connectivity index (χ3v) is 4.64. The van der Waals surface area contributed by atoms with Gasteiger partial charge in [0.1, 0.15) is 11.3 Å². The summed E-state index contributed by atoms with van der Waals surface area (Å²) < 4.78 is 32.9. The number of primary sulfonamides is 1. The number of methoxy groups -OCH3 is 1. The lowest BCUT2D eigenvalue weighted by Crippen LogP contribution is -2.31. The monoisotopic (exact) mass is 392 g/mol. The summed E-state index contributed by atoms with van der Waals surface area (Å²) in [4.78, 5) is 24.0. The molecule has 1 amide bonds. The summed E-state index contributed by atoms with van der Waals surface area (Å²) >= 11 is 0. The molecule has 2 aromatic carbocycles. The highest BCUT2D eigenvalue weighted by Crippen LogP contribution is 2.22. The minimum absolute atomic E-state index is 0.102. The van der Waals surface area contributed by atoms with Gasteiger partial charge in [-0.25, -0.2) is 18.4 Å². The van der Waals surface area contributed by atoms with Crippen molar-refractivity contribution in [2.24, 2.45) is 5.14 Å². The van der Waals surface area contributed by atoms with Gasteiger partial charge in [-0.2, -0.15) is 0 Å². The number of carbonyl (C=O) groups is 2. The third kappa shape index (κ3) is 5.53. The second-order valence-electron chi connectivity index (χ2n) is 5.68. The molecular weight excluding hydrogens is 372 g/mol. The van der Waals surface area contributed by atoms with Gasteiger partial charge in [0.15, 0.2) is 6.61 Å². The van der Waals surface area contributed by atoms with Crippen LogP contribution in [0.3, 0.4) is 0 Å². The van der Waals surface area contributed by atoms with Gasteiger partial charge in [-0.1, -0.05) is 30.3 Å². The van der Waals surface area contributed by atoms with Gasteiger partial charge in [-0.3, -0.25) is 4.79 Å². The number of nitrogens with two attached hydrogens (primary N) is 1. The number of hydrogen-bond acceptors (Lipinski definition) is 6. The van der Waals surface area contributed by atoms with Gasteiger partial charge in [0.25, 0.3) is 5.91 Å². The third-order valence-electron chi connectivity index (χ3n) is 3.73. The number of esters is 1. The van der Waals surface area contributed by atoms with E-state index in [1.165, 1.54) is 19.2 Å². The Kier molecular flexibility index (Phi) is 6.54. The maximum absolute atomic E-state index is 12.2. The first-order valence-corrected chi connectivity index (χ1v) is 9.49. The first-order chi connectivity index (χ1) is 12.7. The summed E-state index contributed by atoms with van der Waals surface area (Å²) in [5, 5.41) is 7.77. The molecule has 144 valence electrons. The van der Waals surface area contributed by atoms with E-state index >= 15 is 0 Å². The zero-order valence-corrected chi connectivity index (χ0v) is 15.7. The molecule has 9 heteroatoms. The average Bonchev–Trinajstić information content (AvgIpc) is 2.65. The van der Waals surface area contributed by atoms with Gasteiger partial charge in [0.2, 0.25) is 10.0 Å². The molecule has 0 aliphatic heterocycles. The summed E-state index contributed by atoms with van der Waals surface area (Å²) in [6.45, 7) is 1.27. The Bertz CT molecular complexity index is 928. The summed E-state index contributed by atoms with van der Waals surface area (Å²) in [6, 6.07) is 12.6.